The van der Waals surface area contributed by atoms with Gasteiger partial charge in [-0.05, 0) is 30.7 Å². The van der Waals surface area contributed by atoms with E-state index in [1.54, 1.807) is 6.20 Å². The number of piperazine rings is 1. The fourth-order valence-electron chi connectivity index (χ4n) is 3.31. The molecule has 1 fully saturated rings. The molecular weight excluding hydrogens is 366 g/mol. The third-order valence-corrected chi connectivity index (χ3v) is 4.97. The molecule has 0 atom stereocenters. The molecule has 1 saturated heterocycles. The molecule has 0 amide bonds. The lowest BCUT2D eigenvalue weighted by Crippen LogP contribution is -2.48. The topological polar surface area (TPSA) is 81.0 Å². The smallest absolute Gasteiger partial charge is 0.365 e. The number of nitrogens with zero attached hydrogens (tertiary/aromatic N) is 3. The third kappa shape index (κ3) is 4.29. The van der Waals surface area contributed by atoms with Gasteiger partial charge in [0.1, 0.15) is 0 Å². The number of hydrogen-bond donors (Lipinski definition) is 2. The van der Waals surface area contributed by atoms with E-state index in [1.807, 2.05) is 71.3 Å². The van der Waals surface area contributed by atoms with Crippen molar-refractivity contribution in [1.82, 2.24) is 9.80 Å². The number of benzene rings is 2. The van der Waals surface area contributed by atoms with E-state index < -0.39 is 5.97 Å². The highest BCUT2D eigenvalue weighted by molar-refractivity contribution is 6.11. The standard InChI is InChI=1S/C22H23N5O2/c1-16-7-5-6-10-18(16)20-25-19(21(28)29-20)15-26-11-13-27(14-12-26)22(23)24-17-8-3-2-4-9-17/h2-10,15H,11-14H2,1H3,(H2,23,24)/b19-15+. The molecule has 0 aromatic heterocycles. The first-order valence-electron chi connectivity index (χ1n) is 9.58. The third-order valence-electron chi connectivity index (χ3n) is 4.97. The van der Waals surface area contributed by atoms with Crippen molar-refractivity contribution in [3.63, 3.8) is 0 Å². The van der Waals surface area contributed by atoms with Crippen LogP contribution in [0.25, 0.3) is 0 Å². The second kappa shape index (κ2) is 8.18. The molecule has 0 unspecified atom stereocenters. The van der Waals surface area contributed by atoms with Gasteiger partial charge in [-0.25, -0.2) is 9.79 Å². The Bertz CT molecular complexity index is 976. The van der Waals surface area contributed by atoms with Gasteiger partial charge in [0.05, 0.1) is 0 Å². The van der Waals surface area contributed by atoms with Crippen LogP contribution in [0.3, 0.4) is 0 Å². The van der Waals surface area contributed by atoms with Gasteiger partial charge in [0.2, 0.25) is 5.90 Å². The van der Waals surface area contributed by atoms with Crippen LogP contribution in [0.1, 0.15) is 11.1 Å². The minimum absolute atomic E-state index is 0.314. The zero-order valence-corrected chi connectivity index (χ0v) is 16.3. The maximum absolute atomic E-state index is 12.2. The van der Waals surface area contributed by atoms with Crippen molar-refractivity contribution in [3.05, 3.63) is 77.6 Å². The molecule has 4 rings (SSSR count). The largest absolute Gasteiger partial charge is 0.402 e. The molecule has 0 aliphatic carbocycles. The van der Waals surface area contributed by atoms with Gasteiger partial charge in [-0.3, -0.25) is 5.41 Å². The highest BCUT2D eigenvalue weighted by atomic mass is 16.6. The van der Waals surface area contributed by atoms with E-state index in [-0.39, 0.29) is 0 Å². The van der Waals surface area contributed by atoms with E-state index in [0.717, 1.165) is 16.8 Å². The van der Waals surface area contributed by atoms with Gasteiger partial charge in [0.15, 0.2) is 11.7 Å². The number of carbonyl (C=O) groups is 1. The van der Waals surface area contributed by atoms with Gasteiger partial charge >= 0.3 is 5.97 Å². The van der Waals surface area contributed by atoms with Crippen LogP contribution in [-0.2, 0) is 9.53 Å². The number of para-hydroxylation sites is 1. The number of hydrogen-bond acceptors (Lipinski definition) is 5. The van der Waals surface area contributed by atoms with Crippen molar-refractivity contribution < 1.29 is 9.53 Å². The molecule has 2 aliphatic rings. The minimum atomic E-state index is -0.427. The number of aryl methyl sites for hydroxylation is 1. The van der Waals surface area contributed by atoms with Crippen molar-refractivity contribution >= 4 is 23.5 Å². The Morgan fingerprint density at radius 3 is 2.48 bits per heavy atom. The zero-order valence-electron chi connectivity index (χ0n) is 16.3. The summed E-state index contributed by atoms with van der Waals surface area (Å²) in [5, 5.41) is 11.4. The first-order chi connectivity index (χ1) is 14.1. The normalized spacial score (nSPS) is 17.9. The van der Waals surface area contributed by atoms with E-state index in [0.29, 0.717) is 43.7 Å². The summed E-state index contributed by atoms with van der Waals surface area (Å²) in [6.45, 7) is 4.73. The zero-order chi connectivity index (χ0) is 20.2. The predicted molar refractivity (Wildman–Crippen MR) is 113 cm³/mol. The molecule has 2 aliphatic heterocycles. The molecule has 0 spiro atoms. The highest BCUT2D eigenvalue weighted by Gasteiger charge is 2.27. The number of esters is 1. The van der Waals surface area contributed by atoms with Crippen LogP contribution in [0, 0.1) is 12.3 Å². The number of guanidine groups is 1. The lowest BCUT2D eigenvalue weighted by atomic mass is 10.1. The van der Waals surface area contributed by atoms with E-state index in [2.05, 4.69) is 10.3 Å². The van der Waals surface area contributed by atoms with Crippen LogP contribution in [0.15, 0.2) is 71.5 Å². The van der Waals surface area contributed by atoms with Crippen molar-refractivity contribution in [2.75, 3.05) is 31.5 Å². The van der Waals surface area contributed by atoms with Gasteiger partial charge in [0, 0.05) is 43.6 Å². The summed E-state index contributed by atoms with van der Waals surface area (Å²) in [4.78, 5) is 20.7. The number of nitrogens with one attached hydrogen (secondary N) is 2. The SMILES string of the molecule is Cc1ccccc1C1=N/C(=C/N2CCN(C(=N)Nc3ccccc3)CC2)C(=O)O1. The molecule has 7 heteroatoms. The Morgan fingerprint density at radius 2 is 1.76 bits per heavy atom. The maximum atomic E-state index is 12.2. The van der Waals surface area contributed by atoms with Crippen LogP contribution < -0.4 is 5.32 Å². The van der Waals surface area contributed by atoms with Crippen molar-refractivity contribution in [1.29, 1.82) is 5.41 Å². The lowest BCUT2D eigenvalue weighted by molar-refractivity contribution is -0.130. The molecule has 2 aromatic rings. The summed E-state index contributed by atoms with van der Waals surface area (Å²) in [6.07, 6.45) is 1.76. The number of carbonyl (C=O) groups excluding carboxylic acids is 1. The number of ether oxygens (including phenoxy) is 1. The Labute approximate surface area is 169 Å². The van der Waals surface area contributed by atoms with Gasteiger partial charge in [-0.2, -0.15) is 0 Å². The van der Waals surface area contributed by atoms with Gasteiger partial charge in [0.25, 0.3) is 0 Å². The fraction of sp³-hybridized carbons (Fsp3) is 0.227. The Hall–Kier alpha value is -3.61. The molecule has 2 aromatic carbocycles. The fourth-order valence-corrected chi connectivity index (χ4v) is 3.31. The Balaban J connectivity index is 1.37. The van der Waals surface area contributed by atoms with E-state index in [9.17, 15) is 4.79 Å². The van der Waals surface area contributed by atoms with Crippen molar-refractivity contribution in [2.24, 2.45) is 4.99 Å². The summed E-state index contributed by atoms with van der Waals surface area (Å²) in [6, 6.07) is 17.4. The molecule has 29 heavy (non-hydrogen) atoms. The molecule has 2 N–H and O–H groups in total. The van der Waals surface area contributed by atoms with Crippen LogP contribution in [0.5, 0.6) is 0 Å². The van der Waals surface area contributed by atoms with E-state index >= 15 is 0 Å². The highest BCUT2D eigenvalue weighted by Crippen LogP contribution is 2.19. The second-order valence-corrected chi connectivity index (χ2v) is 7.00. The van der Waals surface area contributed by atoms with Crippen LogP contribution in [0.4, 0.5) is 5.69 Å². The lowest BCUT2D eigenvalue weighted by Gasteiger charge is -2.35. The van der Waals surface area contributed by atoms with Crippen molar-refractivity contribution in [3.8, 4) is 0 Å². The van der Waals surface area contributed by atoms with E-state index in [4.69, 9.17) is 10.1 Å². The van der Waals surface area contributed by atoms with Crippen LogP contribution >= 0.6 is 0 Å². The summed E-state index contributed by atoms with van der Waals surface area (Å²) in [5.41, 5.74) is 3.05. The number of rotatable bonds is 3. The quantitative estimate of drug-likeness (QED) is 0.365. The monoisotopic (exact) mass is 389 g/mol. The average molecular weight is 389 g/mol. The molecule has 0 saturated carbocycles. The summed E-state index contributed by atoms with van der Waals surface area (Å²) in [7, 11) is 0. The second-order valence-electron chi connectivity index (χ2n) is 7.00. The molecule has 0 radical (unpaired) electrons. The van der Waals surface area contributed by atoms with Gasteiger partial charge in [-0.15, -0.1) is 0 Å². The average Bonchev–Trinajstić information content (AvgIpc) is 3.09. The predicted octanol–water partition coefficient (Wildman–Crippen LogP) is 2.80. The summed E-state index contributed by atoms with van der Waals surface area (Å²) in [5.74, 6) is 0.305. The first kappa shape index (κ1) is 18.7. The maximum Gasteiger partial charge on any atom is 0.365 e. The van der Waals surface area contributed by atoms with Crippen LogP contribution in [-0.4, -0.2) is 53.8 Å². The molecule has 2 heterocycles. The molecule has 7 nitrogen and oxygen atoms in total. The number of aliphatic imine (C=N–C) groups is 1. The molecule has 0 bridgehead atoms. The molecule has 148 valence electrons. The van der Waals surface area contributed by atoms with Crippen molar-refractivity contribution in [2.45, 2.75) is 6.92 Å². The molecular formula is C22H23N5O2. The summed E-state index contributed by atoms with van der Waals surface area (Å²) >= 11 is 0. The first-order valence-corrected chi connectivity index (χ1v) is 9.58. The van der Waals surface area contributed by atoms with E-state index in [1.165, 1.54) is 0 Å². The Morgan fingerprint density at radius 1 is 1.07 bits per heavy atom. The Kier molecular flexibility index (Phi) is 5.29. The number of cyclic esters (lactones) is 1. The van der Waals surface area contributed by atoms with Gasteiger partial charge < -0.3 is 19.9 Å². The number of anilines is 1. The van der Waals surface area contributed by atoms with Crippen LogP contribution in [0.2, 0.25) is 0 Å². The van der Waals surface area contributed by atoms with Gasteiger partial charge in [-0.1, -0.05) is 36.4 Å². The summed E-state index contributed by atoms with van der Waals surface area (Å²) < 4.78 is 5.37. The minimum Gasteiger partial charge on any atom is -0.402 e.